The predicted molar refractivity (Wildman–Crippen MR) is 52.8 cm³/mol. The maximum absolute atomic E-state index is 11.5. The van der Waals surface area contributed by atoms with Crippen LogP contribution >= 0.6 is 0 Å². The molecule has 5 heteroatoms. The first kappa shape index (κ1) is 12.6. The van der Waals surface area contributed by atoms with Crippen LogP contribution in [0.15, 0.2) is 12.7 Å². The second-order valence-corrected chi connectivity index (χ2v) is 4.66. The third-order valence-corrected chi connectivity index (χ3v) is 3.49. The van der Waals surface area contributed by atoms with Crippen LogP contribution in [0, 0.1) is 0 Å². The quantitative estimate of drug-likeness (QED) is 0.478. The molecule has 0 aliphatic carbocycles. The first-order valence-electron chi connectivity index (χ1n) is 4.11. The molecule has 0 rings (SSSR count). The van der Waals surface area contributed by atoms with Crippen molar-refractivity contribution in [2.75, 3.05) is 20.7 Å². The highest BCUT2D eigenvalue weighted by Gasteiger charge is 2.25. The van der Waals surface area contributed by atoms with E-state index in [1.807, 2.05) is 0 Å². The molecule has 0 spiro atoms. The van der Waals surface area contributed by atoms with Crippen LogP contribution < -0.4 is 0 Å². The third kappa shape index (κ3) is 3.89. The van der Waals surface area contributed by atoms with Crippen LogP contribution in [0.4, 0.5) is 0 Å². The number of nitrogens with zero attached hydrogens (tertiary/aromatic N) is 1. The van der Waals surface area contributed by atoms with Crippen molar-refractivity contribution in [2.45, 2.75) is 18.7 Å². The Balaban J connectivity index is 4.48. The van der Waals surface area contributed by atoms with Gasteiger partial charge in [0.05, 0.1) is 6.61 Å². The summed E-state index contributed by atoms with van der Waals surface area (Å²) in [6, 6.07) is 0. The Hall–Kier alpha value is -0.390. The zero-order valence-electron chi connectivity index (χ0n) is 8.36. The lowest BCUT2D eigenvalue weighted by molar-refractivity contribution is 0.292. The lowest BCUT2D eigenvalue weighted by Gasteiger charge is -2.21. The maximum Gasteiger partial charge on any atom is 0.283 e. The summed E-state index contributed by atoms with van der Waals surface area (Å²) in [5.74, 6) is 0. The van der Waals surface area contributed by atoms with E-state index in [1.165, 1.54) is 6.08 Å². The van der Waals surface area contributed by atoms with Crippen LogP contribution in [0.2, 0.25) is 0 Å². The third-order valence-electron chi connectivity index (χ3n) is 1.61. The van der Waals surface area contributed by atoms with Crippen molar-refractivity contribution in [1.29, 1.82) is 0 Å². The fraction of sp³-hybridized carbons (Fsp3) is 0.750. The van der Waals surface area contributed by atoms with Crippen LogP contribution in [-0.2, 0) is 14.3 Å². The normalized spacial score (nSPS) is 14.5. The van der Waals surface area contributed by atoms with E-state index >= 15 is 0 Å². The molecular weight excluding hydrogens is 190 g/mol. The van der Waals surface area contributed by atoms with Crippen molar-refractivity contribution >= 4 is 10.1 Å². The van der Waals surface area contributed by atoms with E-state index in [4.69, 9.17) is 4.18 Å². The summed E-state index contributed by atoms with van der Waals surface area (Å²) >= 11 is 0. The smallest absolute Gasteiger partial charge is 0.283 e. The molecule has 0 heterocycles. The lowest BCUT2D eigenvalue weighted by Crippen LogP contribution is -2.36. The summed E-state index contributed by atoms with van der Waals surface area (Å²) in [7, 11) is -0.0566. The number of hydrogen-bond donors (Lipinski definition) is 0. The number of hydrogen-bond acceptors (Lipinski definition) is 4. The van der Waals surface area contributed by atoms with Gasteiger partial charge in [-0.1, -0.05) is 13.0 Å². The van der Waals surface area contributed by atoms with E-state index in [1.54, 1.807) is 25.9 Å². The zero-order chi connectivity index (χ0) is 10.5. The van der Waals surface area contributed by atoms with Gasteiger partial charge in [0.2, 0.25) is 0 Å². The van der Waals surface area contributed by atoms with E-state index in [-0.39, 0.29) is 6.61 Å². The van der Waals surface area contributed by atoms with Crippen LogP contribution in [0.25, 0.3) is 0 Å². The average molecular weight is 207 g/mol. The van der Waals surface area contributed by atoms with Gasteiger partial charge in [0.25, 0.3) is 10.1 Å². The summed E-state index contributed by atoms with van der Waals surface area (Å²) < 4.78 is 27.6. The molecule has 0 bridgehead atoms. The molecule has 0 aliphatic heterocycles. The molecular formula is C8H17NO3S. The Morgan fingerprint density at radius 2 is 2.08 bits per heavy atom. The van der Waals surface area contributed by atoms with Gasteiger partial charge in [-0.3, -0.25) is 9.08 Å². The summed E-state index contributed by atoms with van der Waals surface area (Å²) in [6.07, 6.45) is 1.92. The molecule has 0 fully saturated rings. The molecule has 0 amide bonds. The minimum Gasteiger partial charge on any atom is -0.291 e. The van der Waals surface area contributed by atoms with Gasteiger partial charge in [0.15, 0.2) is 0 Å². The van der Waals surface area contributed by atoms with Crippen molar-refractivity contribution in [3.8, 4) is 0 Å². The van der Waals surface area contributed by atoms with Gasteiger partial charge < -0.3 is 0 Å². The van der Waals surface area contributed by atoms with E-state index in [2.05, 4.69) is 6.58 Å². The fourth-order valence-corrected chi connectivity index (χ4v) is 2.42. The van der Waals surface area contributed by atoms with Gasteiger partial charge in [0, 0.05) is 0 Å². The molecule has 0 N–H and O–H groups in total. The van der Waals surface area contributed by atoms with E-state index < -0.39 is 15.5 Å². The molecule has 0 radical (unpaired) electrons. The van der Waals surface area contributed by atoms with Gasteiger partial charge in [-0.05, 0) is 20.5 Å². The Bertz CT molecular complexity index is 246. The van der Waals surface area contributed by atoms with Crippen LogP contribution in [0.1, 0.15) is 13.3 Å². The molecule has 4 nitrogen and oxygen atoms in total. The van der Waals surface area contributed by atoms with Gasteiger partial charge >= 0.3 is 0 Å². The van der Waals surface area contributed by atoms with Gasteiger partial charge in [-0.25, -0.2) is 0 Å². The Morgan fingerprint density at radius 3 is 2.38 bits per heavy atom. The lowest BCUT2D eigenvalue weighted by atomic mass is 10.4. The van der Waals surface area contributed by atoms with E-state index in [0.29, 0.717) is 6.42 Å². The van der Waals surface area contributed by atoms with Crippen molar-refractivity contribution in [3.05, 3.63) is 12.7 Å². The highest BCUT2D eigenvalue weighted by atomic mass is 32.2. The molecule has 13 heavy (non-hydrogen) atoms. The summed E-state index contributed by atoms with van der Waals surface area (Å²) in [5.41, 5.74) is 0. The van der Waals surface area contributed by atoms with Crippen molar-refractivity contribution in [3.63, 3.8) is 0 Å². The van der Waals surface area contributed by atoms with Gasteiger partial charge in [-0.2, -0.15) is 8.42 Å². The Labute approximate surface area is 80.3 Å². The average Bonchev–Trinajstić information content (AvgIpc) is 2.01. The molecule has 1 unspecified atom stereocenters. The van der Waals surface area contributed by atoms with E-state index in [9.17, 15) is 8.42 Å². The topological polar surface area (TPSA) is 46.6 Å². The largest absolute Gasteiger partial charge is 0.291 e. The molecule has 0 saturated heterocycles. The minimum absolute atomic E-state index is 0.0344. The second kappa shape index (κ2) is 5.36. The molecule has 0 aromatic carbocycles. The van der Waals surface area contributed by atoms with Gasteiger partial charge in [-0.15, -0.1) is 6.58 Å². The Kier molecular flexibility index (Phi) is 5.20. The fourth-order valence-electron chi connectivity index (χ4n) is 1.05. The number of rotatable bonds is 6. The van der Waals surface area contributed by atoms with Crippen LogP contribution in [-0.4, -0.2) is 39.4 Å². The van der Waals surface area contributed by atoms with Crippen molar-refractivity contribution < 1.29 is 12.6 Å². The monoisotopic (exact) mass is 207 g/mol. The molecule has 0 saturated carbocycles. The van der Waals surface area contributed by atoms with E-state index in [0.717, 1.165) is 0 Å². The minimum atomic E-state index is -3.48. The summed E-state index contributed by atoms with van der Waals surface area (Å²) in [5, 5.41) is -0.576. The first-order valence-corrected chi connectivity index (χ1v) is 5.58. The van der Waals surface area contributed by atoms with Gasteiger partial charge in [0.1, 0.15) is 5.37 Å². The molecule has 0 aromatic heterocycles. The highest BCUT2D eigenvalue weighted by Crippen LogP contribution is 2.10. The predicted octanol–water partition coefficient (Wildman–Crippen LogP) is 0.817. The zero-order valence-corrected chi connectivity index (χ0v) is 9.17. The standard InChI is InChI=1S/C8H17NO3S/c1-5-7-12-13(10,11)8(6-2)9(3)4/h5,8H,1,6-7H2,2-4H3. The maximum atomic E-state index is 11.5. The van der Waals surface area contributed by atoms with Crippen LogP contribution in [0.5, 0.6) is 0 Å². The molecule has 78 valence electrons. The summed E-state index contributed by atoms with van der Waals surface area (Å²) in [6.45, 7) is 5.23. The van der Waals surface area contributed by atoms with Crippen LogP contribution in [0.3, 0.4) is 0 Å². The first-order chi connectivity index (χ1) is 5.95. The Morgan fingerprint density at radius 1 is 1.54 bits per heavy atom. The van der Waals surface area contributed by atoms with Crippen molar-refractivity contribution in [2.24, 2.45) is 0 Å². The molecule has 0 aromatic rings. The summed E-state index contributed by atoms with van der Waals surface area (Å²) in [4.78, 5) is 1.62. The molecule has 0 aliphatic rings. The SMILES string of the molecule is C=CCOS(=O)(=O)C(CC)N(C)C. The second-order valence-electron chi connectivity index (χ2n) is 2.89. The highest BCUT2D eigenvalue weighted by molar-refractivity contribution is 7.87. The van der Waals surface area contributed by atoms with Crippen molar-refractivity contribution in [1.82, 2.24) is 4.90 Å². The molecule has 1 atom stereocenters.